The van der Waals surface area contributed by atoms with E-state index < -0.39 is 9.84 Å². The lowest BCUT2D eigenvalue weighted by Crippen LogP contribution is -2.44. The third-order valence-corrected chi connectivity index (χ3v) is 4.98. The maximum Gasteiger partial charge on any atom is 0.318 e. The number of rotatable bonds is 4. The van der Waals surface area contributed by atoms with E-state index in [1.807, 2.05) is 12.1 Å². The van der Waals surface area contributed by atoms with E-state index in [1.54, 1.807) is 17.0 Å². The highest BCUT2D eigenvalue weighted by molar-refractivity contribution is 7.93. The van der Waals surface area contributed by atoms with Crippen molar-refractivity contribution in [3.05, 3.63) is 45.8 Å². The Morgan fingerprint density at radius 1 is 1.48 bits per heavy atom. The summed E-state index contributed by atoms with van der Waals surface area (Å²) in [5.41, 5.74) is 1.30. The molecule has 25 heavy (non-hydrogen) atoms. The van der Waals surface area contributed by atoms with Crippen molar-refractivity contribution < 1.29 is 13.2 Å². The highest BCUT2D eigenvalue weighted by Crippen LogP contribution is 2.32. The molecule has 0 saturated carbocycles. The van der Waals surface area contributed by atoms with Gasteiger partial charge in [-0.25, -0.2) is 13.2 Å². The zero-order chi connectivity index (χ0) is 18.4. The van der Waals surface area contributed by atoms with Crippen LogP contribution in [0.5, 0.6) is 0 Å². The number of urea groups is 1. The van der Waals surface area contributed by atoms with Gasteiger partial charge in [0.15, 0.2) is 9.84 Å². The lowest BCUT2D eigenvalue weighted by molar-refractivity contribution is 0.152. The zero-order valence-corrected chi connectivity index (χ0v) is 15.5. The second-order valence-corrected chi connectivity index (χ2v) is 8.28. The van der Waals surface area contributed by atoms with Gasteiger partial charge in [0.2, 0.25) is 0 Å². The molecule has 1 unspecified atom stereocenters. The van der Waals surface area contributed by atoms with Crippen LogP contribution in [0.25, 0.3) is 0 Å². The average molecular weight is 382 g/mol. The molecular formula is C17H20ClN3O3S. The molecule has 0 bridgehead atoms. The summed E-state index contributed by atoms with van der Waals surface area (Å²) in [4.78, 5) is 14.2. The summed E-state index contributed by atoms with van der Waals surface area (Å²) >= 11 is 6.11. The van der Waals surface area contributed by atoms with Gasteiger partial charge in [-0.3, -0.25) is 0 Å². The van der Waals surface area contributed by atoms with Crippen LogP contribution in [0.4, 0.5) is 4.79 Å². The van der Waals surface area contributed by atoms with Crippen molar-refractivity contribution in [3.63, 3.8) is 0 Å². The van der Waals surface area contributed by atoms with Gasteiger partial charge in [-0.05, 0) is 37.0 Å². The number of nitriles is 1. The normalized spacial score (nSPS) is 18.1. The Bertz CT molecular complexity index is 815. The molecule has 0 aliphatic carbocycles. The fourth-order valence-electron chi connectivity index (χ4n) is 2.82. The molecular weight excluding hydrogens is 362 g/mol. The van der Waals surface area contributed by atoms with Crippen molar-refractivity contribution in [2.45, 2.75) is 25.3 Å². The monoisotopic (exact) mass is 381 g/mol. The number of likely N-dealkylation sites (tertiary alicyclic amines) is 1. The van der Waals surface area contributed by atoms with Gasteiger partial charge in [0.05, 0.1) is 16.6 Å². The summed E-state index contributed by atoms with van der Waals surface area (Å²) in [5, 5.41) is 13.1. The molecule has 1 aliphatic heterocycles. The van der Waals surface area contributed by atoms with Crippen molar-refractivity contribution in [2.24, 2.45) is 0 Å². The van der Waals surface area contributed by atoms with E-state index in [0.717, 1.165) is 36.5 Å². The lowest BCUT2D eigenvalue weighted by Gasteiger charge is -2.36. The second-order valence-electron chi connectivity index (χ2n) is 5.94. The topological polar surface area (TPSA) is 90.3 Å². The minimum Gasteiger partial charge on any atom is -0.334 e. The molecule has 6 nitrogen and oxygen atoms in total. The Morgan fingerprint density at radius 2 is 2.24 bits per heavy atom. The van der Waals surface area contributed by atoms with E-state index in [4.69, 9.17) is 16.9 Å². The third kappa shape index (κ3) is 5.48. The van der Waals surface area contributed by atoms with E-state index in [1.165, 1.54) is 6.08 Å². The first-order chi connectivity index (χ1) is 11.8. The molecule has 0 radical (unpaired) electrons. The molecule has 1 saturated heterocycles. The summed E-state index contributed by atoms with van der Waals surface area (Å²) < 4.78 is 22.1. The van der Waals surface area contributed by atoms with Gasteiger partial charge in [-0.15, -0.1) is 0 Å². The fourth-order valence-corrected chi connectivity index (χ4v) is 3.50. The van der Waals surface area contributed by atoms with Gasteiger partial charge in [-0.2, -0.15) is 5.26 Å². The van der Waals surface area contributed by atoms with Crippen molar-refractivity contribution in [2.75, 3.05) is 19.3 Å². The van der Waals surface area contributed by atoms with Crippen molar-refractivity contribution in [3.8, 4) is 6.07 Å². The number of carbonyl (C=O) groups excluding carboxylic acids is 1. The van der Waals surface area contributed by atoms with Gasteiger partial charge >= 0.3 is 6.03 Å². The maximum atomic E-state index is 12.5. The first kappa shape index (κ1) is 19.3. The van der Waals surface area contributed by atoms with Gasteiger partial charge in [-0.1, -0.05) is 23.7 Å². The molecule has 0 spiro atoms. The predicted octanol–water partition coefficient (Wildman–Crippen LogP) is 3.01. The maximum absolute atomic E-state index is 12.5. The van der Waals surface area contributed by atoms with Crippen molar-refractivity contribution >= 4 is 27.5 Å². The van der Waals surface area contributed by atoms with Crippen molar-refractivity contribution in [1.29, 1.82) is 5.26 Å². The minimum atomic E-state index is -3.20. The Balaban J connectivity index is 2.10. The van der Waals surface area contributed by atoms with Gasteiger partial charge in [0.1, 0.15) is 6.07 Å². The number of hydrogen-bond donors (Lipinski definition) is 1. The lowest BCUT2D eigenvalue weighted by atomic mass is 9.95. The van der Waals surface area contributed by atoms with Crippen LogP contribution in [0.2, 0.25) is 5.02 Å². The van der Waals surface area contributed by atoms with Gasteiger partial charge < -0.3 is 10.2 Å². The minimum absolute atomic E-state index is 0.113. The van der Waals surface area contributed by atoms with E-state index in [2.05, 4.69) is 5.32 Å². The molecule has 2 amide bonds. The number of carbonyl (C=O) groups is 1. The Labute approximate surface area is 153 Å². The van der Waals surface area contributed by atoms with Crippen LogP contribution in [0.1, 0.15) is 36.4 Å². The number of nitrogens with one attached hydrogen (secondary N) is 1. The molecule has 1 N–H and O–H groups in total. The van der Waals surface area contributed by atoms with Gasteiger partial charge in [0, 0.05) is 24.8 Å². The van der Waals surface area contributed by atoms with Crippen LogP contribution >= 0.6 is 11.6 Å². The summed E-state index contributed by atoms with van der Waals surface area (Å²) in [6, 6.07) is 6.89. The predicted molar refractivity (Wildman–Crippen MR) is 96.8 cm³/mol. The number of benzene rings is 1. The zero-order valence-electron chi connectivity index (χ0n) is 13.9. The average Bonchev–Trinajstić information content (AvgIpc) is 2.57. The third-order valence-electron chi connectivity index (χ3n) is 3.98. The van der Waals surface area contributed by atoms with Crippen LogP contribution in [0.15, 0.2) is 29.7 Å². The molecule has 1 aliphatic rings. The molecule has 1 fully saturated rings. The first-order valence-electron chi connectivity index (χ1n) is 7.92. The summed E-state index contributed by atoms with van der Waals surface area (Å²) in [6.07, 6.45) is 5.23. The van der Waals surface area contributed by atoms with Crippen LogP contribution < -0.4 is 5.32 Å². The van der Waals surface area contributed by atoms with Crippen molar-refractivity contribution in [1.82, 2.24) is 10.2 Å². The number of amides is 2. The second kappa shape index (κ2) is 8.37. The Kier molecular flexibility index (Phi) is 6.45. The largest absolute Gasteiger partial charge is 0.334 e. The number of hydrogen-bond acceptors (Lipinski definition) is 4. The van der Waals surface area contributed by atoms with Gasteiger partial charge in [0.25, 0.3) is 0 Å². The summed E-state index contributed by atoms with van der Waals surface area (Å²) in [7, 11) is -3.20. The summed E-state index contributed by atoms with van der Waals surface area (Å²) in [5.74, 6) is 0. The van der Waals surface area contributed by atoms with Crippen LogP contribution in [0.3, 0.4) is 0 Å². The Hall–Kier alpha value is -2.04. The number of sulfone groups is 1. The molecule has 1 aromatic rings. The molecule has 1 atom stereocenters. The highest BCUT2D eigenvalue weighted by Gasteiger charge is 2.28. The molecule has 1 aromatic carbocycles. The van der Waals surface area contributed by atoms with E-state index in [0.29, 0.717) is 17.1 Å². The van der Waals surface area contributed by atoms with E-state index >= 15 is 0 Å². The van der Waals surface area contributed by atoms with Crippen LogP contribution in [-0.4, -0.2) is 38.7 Å². The molecule has 8 heteroatoms. The smallest absolute Gasteiger partial charge is 0.318 e. The number of halogens is 1. The highest BCUT2D eigenvalue weighted by atomic mass is 35.5. The quantitative estimate of drug-likeness (QED) is 0.867. The van der Waals surface area contributed by atoms with E-state index in [-0.39, 0.29) is 18.6 Å². The number of nitrogens with zero attached hydrogens (tertiary/aromatic N) is 2. The molecule has 0 aromatic heterocycles. The van der Waals surface area contributed by atoms with Crippen LogP contribution in [0, 0.1) is 11.3 Å². The number of piperidine rings is 1. The molecule has 1 heterocycles. The molecule has 2 rings (SSSR count). The van der Waals surface area contributed by atoms with Crippen LogP contribution in [-0.2, 0) is 9.84 Å². The SMILES string of the molecule is CS(=O)(=O)C=CCNC(=O)N1CCCCC1c1ccc(C#N)c(Cl)c1. The molecule has 134 valence electrons. The van der Waals surface area contributed by atoms with E-state index in [9.17, 15) is 13.2 Å². The summed E-state index contributed by atoms with van der Waals surface area (Å²) in [6.45, 7) is 0.757. The Morgan fingerprint density at radius 3 is 2.88 bits per heavy atom. The standard InChI is InChI=1S/C17H20ClN3O3S/c1-25(23,24)10-4-8-20-17(22)21-9-3-2-5-16(21)13-6-7-14(12-19)15(18)11-13/h4,6-7,10-11,16H,2-3,5,8-9H2,1H3,(H,20,22). The first-order valence-corrected chi connectivity index (χ1v) is 10.3. The fraction of sp³-hybridized carbons (Fsp3) is 0.412.